The van der Waals surface area contributed by atoms with E-state index in [1.165, 1.54) is 0 Å². The zero-order chi connectivity index (χ0) is 12.3. The van der Waals surface area contributed by atoms with E-state index in [1.54, 1.807) is 48.4 Å². The van der Waals surface area contributed by atoms with E-state index in [0.717, 1.165) is 0 Å². The second-order valence-corrected chi connectivity index (χ2v) is 3.55. The van der Waals surface area contributed by atoms with Crippen LogP contribution < -0.4 is 5.32 Å². The molecule has 0 aliphatic heterocycles. The van der Waals surface area contributed by atoms with E-state index < -0.39 is 0 Å². The Balaban J connectivity index is 2.12. The first-order valence-corrected chi connectivity index (χ1v) is 4.99. The molecule has 0 radical (unpaired) electrons. The molecule has 5 heteroatoms. The van der Waals surface area contributed by atoms with Crippen molar-refractivity contribution in [3.63, 3.8) is 0 Å². The van der Waals surface area contributed by atoms with Gasteiger partial charge in [0.15, 0.2) is 0 Å². The highest BCUT2D eigenvalue weighted by Gasteiger charge is 2.06. The fourth-order valence-electron chi connectivity index (χ4n) is 1.39. The number of rotatable bonds is 2. The molecule has 1 N–H and O–H groups in total. The Morgan fingerprint density at radius 3 is 2.65 bits per heavy atom. The van der Waals surface area contributed by atoms with E-state index in [9.17, 15) is 4.79 Å². The molecule has 1 amide bonds. The van der Waals surface area contributed by atoms with Crippen molar-refractivity contribution in [1.29, 1.82) is 5.26 Å². The first kappa shape index (κ1) is 10.9. The van der Waals surface area contributed by atoms with Gasteiger partial charge in [0.25, 0.3) is 5.91 Å². The summed E-state index contributed by atoms with van der Waals surface area (Å²) in [6.45, 7) is 0. The lowest BCUT2D eigenvalue weighted by molar-refractivity contribution is 0.102. The average molecular weight is 226 g/mol. The number of anilines is 1. The standard InChI is InChI=1S/C12H10N4O/c1-16-8-11(7-14-16)15-12(17)10-4-2-9(6-13)3-5-10/h2-5,7-8H,1H3,(H,15,17). The summed E-state index contributed by atoms with van der Waals surface area (Å²) >= 11 is 0. The number of amides is 1. The molecular formula is C12H10N4O. The van der Waals surface area contributed by atoms with Crippen LogP contribution in [0.3, 0.4) is 0 Å². The van der Waals surface area contributed by atoms with Gasteiger partial charge in [0, 0.05) is 18.8 Å². The number of nitriles is 1. The van der Waals surface area contributed by atoms with Crippen molar-refractivity contribution in [2.75, 3.05) is 5.32 Å². The largest absolute Gasteiger partial charge is 0.319 e. The van der Waals surface area contributed by atoms with Gasteiger partial charge in [-0.05, 0) is 24.3 Å². The van der Waals surface area contributed by atoms with Crippen LogP contribution >= 0.6 is 0 Å². The molecule has 0 atom stereocenters. The van der Waals surface area contributed by atoms with Crippen molar-refractivity contribution < 1.29 is 4.79 Å². The number of nitrogens with zero attached hydrogens (tertiary/aromatic N) is 3. The lowest BCUT2D eigenvalue weighted by Crippen LogP contribution is -2.11. The third-order valence-corrected chi connectivity index (χ3v) is 2.24. The third-order valence-electron chi connectivity index (χ3n) is 2.24. The van der Waals surface area contributed by atoms with Crippen molar-refractivity contribution in [3.05, 3.63) is 47.8 Å². The highest BCUT2D eigenvalue weighted by atomic mass is 16.1. The Hall–Kier alpha value is -2.61. The Morgan fingerprint density at radius 1 is 1.41 bits per heavy atom. The highest BCUT2D eigenvalue weighted by Crippen LogP contribution is 2.08. The second-order valence-electron chi connectivity index (χ2n) is 3.55. The highest BCUT2D eigenvalue weighted by molar-refractivity contribution is 6.04. The van der Waals surface area contributed by atoms with Crippen molar-refractivity contribution in [3.8, 4) is 6.07 Å². The Morgan fingerprint density at radius 2 is 2.12 bits per heavy atom. The van der Waals surface area contributed by atoms with Crippen LogP contribution in [0.5, 0.6) is 0 Å². The number of carbonyl (C=O) groups is 1. The predicted molar refractivity (Wildman–Crippen MR) is 62.3 cm³/mol. The molecule has 2 aromatic rings. The molecule has 0 bridgehead atoms. The van der Waals surface area contributed by atoms with Gasteiger partial charge in [-0.1, -0.05) is 0 Å². The number of carbonyl (C=O) groups excluding carboxylic acids is 1. The first-order chi connectivity index (χ1) is 8.19. The van der Waals surface area contributed by atoms with Gasteiger partial charge in [-0.25, -0.2) is 0 Å². The van der Waals surface area contributed by atoms with Crippen LogP contribution in [-0.4, -0.2) is 15.7 Å². The average Bonchev–Trinajstić information content (AvgIpc) is 2.75. The topological polar surface area (TPSA) is 70.7 Å². The molecule has 0 saturated heterocycles. The van der Waals surface area contributed by atoms with Crippen molar-refractivity contribution in [2.24, 2.45) is 7.05 Å². The van der Waals surface area contributed by atoms with Gasteiger partial charge in [0.05, 0.1) is 23.5 Å². The molecular weight excluding hydrogens is 216 g/mol. The first-order valence-electron chi connectivity index (χ1n) is 4.99. The number of aromatic nitrogens is 2. The maximum Gasteiger partial charge on any atom is 0.255 e. The summed E-state index contributed by atoms with van der Waals surface area (Å²) in [5.74, 6) is -0.220. The van der Waals surface area contributed by atoms with Crippen LogP contribution in [0.4, 0.5) is 5.69 Å². The van der Waals surface area contributed by atoms with Crippen LogP contribution in [0.2, 0.25) is 0 Å². The van der Waals surface area contributed by atoms with Crippen LogP contribution in [0.25, 0.3) is 0 Å². The molecule has 1 heterocycles. The van der Waals surface area contributed by atoms with Crippen molar-refractivity contribution >= 4 is 11.6 Å². The fourth-order valence-corrected chi connectivity index (χ4v) is 1.39. The predicted octanol–water partition coefficient (Wildman–Crippen LogP) is 1.54. The molecule has 0 unspecified atom stereocenters. The molecule has 0 spiro atoms. The van der Waals surface area contributed by atoms with Gasteiger partial charge in [-0.15, -0.1) is 0 Å². The zero-order valence-electron chi connectivity index (χ0n) is 9.21. The minimum absolute atomic E-state index is 0.220. The van der Waals surface area contributed by atoms with E-state index in [-0.39, 0.29) is 5.91 Å². The van der Waals surface area contributed by atoms with Crippen LogP contribution in [0, 0.1) is 11.3 Å². The smallest absolute Gasteiger partial charge is 0.255 e. The fraction of sp³-hybridized carbons (Fsp3) is 0.0833. The SMILES string of the molecule is Cn1cc(NC(=O)c2ccc(C#N)cc2)cn1. The summed E-state index contributed by atoms with van der Waals surface area (Å²) in [5.41, 5.74) is 1.68. The maximum atomic E-state index is 11.8. The zero-order valence-corrected chi connectivity index (χ0v) is 9.21. The molecule has 0 saturated carbocycles. The lowest BCUT2D eigenvalue weighted by Gasteiger charge is -2.01. The maximum absolute atomic E-state index is 11.8. The van der Waals surface area contributed by atoms with Gasteiger partial charge < -0.3 is 5.32 Å². The molecule has 0 aliphatic rings. The van der Waals surface area contributed by atoms with Crippen LogP contribution in [0.15, 0.2) is 36.7 Å². The Bertz CT molecular complexity index is 577. The summed E-state index contributed by atoms with van der Waals surface area (Å²) in [4.78, 5) is 11.8. The number of aryl methyl sites for hydroxylation is 1. The Labute approximate surface area is 98.3 Å². The number of hydrogen-bond acceptors (Lipinski definition) is 3. The van der Waals surface area contributed by atoms with E-state index in [2.05, 4.69) is 10.4 Å². The third kappa shape index (κ3) is 2.49. The quantitative estimate of drug-likeness (QED) is 0.844. The summed E-state index contributed by atoms with van der Waals surface area (Å²) in [7, 11) is 1.78. The van der Waals surface area contributed by atoms with Gasteiger partial charge in [0.2, 0.25) is 0 Å². The van der Waals surface area contributed by atoms with Crippen LogP contribution in [-0.2, 0) is 7.05 Å². The molecule has 1 aromatic carbocycles. The van der Waals surface area contributed by atoms with Crippen molar-refractivity contribution in [2.45, 2.75) is 0 Å². The molecule has 0 aliphatic carbocycles. The summed E-state index contributed by atoms with van der Waals surface area (Å²) < 4.78 is 1.61. The number of hydrogen-bond donors (Lipinski definition) is 1. The summed E-state index contributed by atoms with van der Waals surface area (Å²) in [6, 6.07) is 8.45. The van der Waals surface area contributed by atoms with E-state index in [1.807, 2.05) is 6.07 Å². The van der Waals surface area contributed by atoms with Crippen molar-refractivity contribution in [1.82, 2.24) is 9.78 Å². The molecule has 5 nitrogen and oxygen atoms in total. The normalized spacial score (nSPS) is 9.65. The molecule has 0 fully saturated rings. The molecule has 2 rings (SSSR count). The number of benzene rings is 1. The monoisotopic (exact) mass is 226 g/mol. The van der Waals surface area contributed by atoms with Gasteiger partial charge in [-0.2, -0.15) is 10.4 Å². The number of nitrogens with one attached hydrogen (secondary N) is 1. The minimum atomic E-state index is -0.220. The summed E-state index contributed by atoms with van der Waals surface area (Å²) in [6.07, 6.45) is 3.28. The van der Waals surface area contributed by atoms with Crippen LogP contribution in [0.1, 0.15) is 15.9 Å². The van der Waals surface area contributed by atoms with E-state index in [4.69, 9.17) is 5.26 Å². The van der Waals surface area contributed by atoms with E-state index in [0.29, 0.717) is 16.8 Å². The van der Waals surface area contributed by atoms with Gasteiger partial charge in [-0.3, -0.25) is 9.48 Å². The lowest BCUT2D eigenvalue weighted by atomic mass is 10.1. The minimum Gasteiger partial charge on any atom is -0.319 e. The second kappa shape index (κ2) is 4.49. The molecule has 84 valence electrons. The van der Waals surface area contributed by atoms with Gasteiger partial charge in [0.1, 0.15) is 0 Å². The molecule has 17 heavy (non-hydrogen) atoms. The Kier molecular flexibility index (Phi) is 2.88. The summed E-state index contributed by atoms with van der Waals surface area (Å²) in [5, 5.41) is 15.3. The van der Waals surface area contributed by atoms with E-state index >= 15 is 0 Å². The van der Waals surface area contributed by atoms with Gasteiger partial charge >= 0.3 is 0 Å². The molecule has 1 aromatic heterocycles.